The van der Waals surface area contributed by atoms with E-state index in [1.54, 1.807) is 4.90 Å². The van der Waals surface area contributed by atoms with Crippen molar-refractivity contribution in [3.8, 4) is 0 Å². The lowest BCUT2D eigenvalue weighted by atomic mass is 10.4. The number of amides is 1. The van der Waals surface area contributed by atoms with E-state index in [4.69, 9.17) is 9.99 Å². The van der Waals surface area contributed by atoms with Crippen molar-refractivity contribution in [1.82, 2.24) is 4.90 Å². The highest BCUT2D eigenvalue weighted by Crippen LogP contribution is 2.08. The van der Waals surface area contributed by atoms with Gasteiger partial charge in [-0.05, 0) is 12.5 Å². The van der Waals surface area contributed by atoms with Crippen LogP contribution < -0.4 is 0 Å². The van der Waals surface area contributed by atoms with Gasteiger partial charge in [0.15, 0.2) is 0 Å². The Morgan fingerprint density at radius 2 is 2.38 bits per heavy atom. The minimum absolute atomic E-state index is 0.0558. The van der Waals surface area contributed by atoms with E-state index in [1.165, 1.54) is 12.2 Å². The van der Waals surface area contributed by atoms with E-state index in [1.807, 2.05) is 0 Å². The number of carbonyl (C=O) groups excluding carboxylic acids is 2. The fraction of sp³-hybridized carbons (Fsp3) is 0.600. The summed E-state index contributed by atoms with van der Waals surface area (Å²) in [6, 6.07) is 0. The molecule has 0 aliphatic carbocycles. The lowest BCUT2D eigenvalue weighted by Crippen LogP contribution is -2.29. The number of likely N-dealkylation sites (tertiary alicyclic amines) is 1. The SMILES string of the molecule is O=C(C=CCOO)OCCN1CCCC1=O. The molecule has 1 saturated heterocycles. The highest BCUT2D eigenvalue weighted by Gasteiger charge is 2.19. The Labute approximate surface area is 93.4 Å². The summed E-state index contributed by atoms with van der Waals surface area (Å²) in [6.45, 7) is 1.31. The van der Waals surface area contributed by atoms with Gasteiger partial charge in [-0.25, -0.2) is 9.68 Å². The molecule has 1 rings (SSSR count). The average molecular weight is 229 g/mol. The third-order valence-corrected chi connectivity index (χ3v) is 2.20. The molecule has 6 heteroatoms. The number of hydrogen-bond acceptors (Lipinski definition) is 5. The van der Waals surface area contributed by atoms with E-state index in [0.29, 0.717) is 13.0 Å². The molecule has 1 aliphatic rings. The van der Waals surface area contributed by atoms with Crippen molar-refractivity contribution < 1.29 is 24.5 Å². The first-order chi connectivity index (χ1) is 7.74. The third kappa shape index (κ3) is 4.41. The van der Waals surface area contributed by atoms with Crippen molar-refractivity contribution in [2.75, 3.05) is 26.3 Å². The van der Waals surface area contributed by atoms with Crippen LogP contribution in [0.3, 0.4) is 0 Å². The summed E-state index contributed by atoms with van der Waals surface area (Å²) in [5.41, 5.74) is 0. The van der Waals surface area contributed by atoms with Gasteiger partial charge >= 0.3 is 5.97 Å². The lowest BCUT2D eigenvalue weighted by Gasteiger charge is -2.14. The number of esters is 1. The van der Waals surface area contributed by atoms with Crippen molar-refractivity contribution in [2.45, 2.75) is 12.8 Å². The second kappa shape index (κ2) is 6.97. The smallest absolute Gasteiger partial charge is 0.330 e. The number of ether oxygens (including phenoxy) is 1. The van der Waals surface area contributed by atoms with Gasteiger partial charge in [0.25, 0.3) is 0 Å². The second-order valence-corrected chi connectivity index (χ2v) is 3.35. The monoisotopic (exact) mass is 229 g/mol. The molecule has 1 aliphatic heterocycles. The Hall–Kier alpha value is -1.40. The second-order valence-electron chi connectivity index (χ2n) is 3.35. The van der Waals surface area contributed by atoms with E-state index < -0.39 is 5.97 Å². The largest absolute Gasteiger partial charge is 0.461 e. The molecule has 90 valence electrons. The van der Waals surface area contributed by atoms with Crippen LogP contribution in [-0.4, -0.2) is 48.3 Å². The Bertz CT molecular complexity index is 276. The number of carbonyl (C=O) groups is 2. The van der Waals surface area contributed by atoms with Gasteiger partial charge in [-0.15, -0.1) is 0 Å². The summed E-state index contributed by atoms with van der Waals surface area (Å²) in [5, 5.41) is 7.98. The summed E-state index contributed by atoms with van der Waals surface area (Å²) in [5.74, 6) is -0.399. The zero-order chi connectivity index (χ0) is 11.8. The van der Waals surface area contributed by atoms with E-state index >= 15 is 0 Å². The predicted molar refractivity (Wildman–Crippen MR) is 54.5 cm³/mol. The summed E-state index contributed by atoms with van der Waals surface area (Å²) in [4.78, 5) is 27.6. The van der Waals surface area contributed by atoms with Gasteiger partial charge in [0.2, 0.25) is 5.91 Å². The molecule has 0 unspecified atom stereocenters. The van der Waals surface area contributed by atoms with Crippen LogP contribution >= 0.6 is 0 Å². The van der Waals surface area contributed by atoms with Gasteiger partial charge in [-0.1, -0.05) is 0 Å². The molecular weight excluding hydrogens is 214 g/mol. The van der Waals surface area contributed by atoms with Crippen LogP contribution in [0.4, 0.5) is 0 Å². The third-order valence-electron chi connectivity index (χ3n) is 2.20. The summed E-state index contributed by atoms with van der Waals surface area (Å²) in [6.07, 6.45) is 3.97. The molecular formula is C10H15NO5. The molecule has 0 aromatic heterocycles. The highest BCUT2D eigenvalue weighted by molar-refractivity contribution is 5.82. The van der Waals surface area contributed by atoms with Crippen LogP contribution in [0, 0.1) is 0 Å². The maximum atomic E-state index is 11.2. The lowest BCUT2D eigenvalue weighted by molar-refractivity contribution is -0.231. The van der Waals surface area contributed by atoms with Crippen molar-refractivity contribution in [1.29, 1.82) is 0 Å². The molecule has 16 heavy (non-hydrogen) atoms. The Balaban J connectivity index is 2.10. The molecule has 1 heterocycles. The fourth-order valence-corrected chi connectivity index (χ4v) is 1.43. The van der Waals surface area contributed by atoms with Gasteiger partial charge < -0.3 is 9.64 Å². The summed E-state index contributed by atoms with van der Waals surface area (Å²) >= 11 is 0. The first kappa shape index (κ1) is 12.7. The van der Waals surface area contributed by atoms with Gasteiger partial charge in [0.05, 0.1) is 6.54 Å². The molecule has 0 radical (unpaired) electrons. The van der Waals surface area contributed by atoms with Crippen LogP contribution in [0.25, 0.3) is 0 Å². The molecule has 0 bridgehead atoms. The van der Waals surface area contributed by atoms with Gasteiger partial charge in [-0.2, -0.15) is 0 Å². The normalized spacial score (nSPS) is 16.1. The molecule has 1 fully saturated rings. The van der Waals surface area contributed by atoms with Gasteiger partial charge in [0, 0.05) is 19.0 Å². The summed E-state index contributed by atoms with van der Waals surface area (Å²) < 4.78 is 4.84. The van der Waals surface area contributed by atoms with E-state index in [-0.39, 0.29) is 19.1 Å². The quantitative estimate of drug-likeness (QED) is 0.305. The maximum Gasteiger partial charge on any atom is 0.330 e. The number of nitrogens with zero attached hydrogens (tertiary/aromatic N) is 1. The van der Waals surface area contributed by atoms with E-state index in [2.05, 4.69) is 4.89 Å². The Kier molecular flexibility index (Phi) is 5.52. The number of rotatable bonds is 6. The Morgan fingerprint density at radius 3 is 3.00 bits per heavy atom. The van der Waals surface area contributed by atoms with Crippen LogP contribution in [0.1, 0.15) is 12.8 Å². The molecule has 1 N–H and O–H groups in total. The first-order valence-corrected chi connectivity index (χ1v) is 5.11. The molecule has 6 nitrogen and oxygen atoms in total. The maximum absolute atomic E-state index is 11.2. The predicted octanol–water partition coefficient (Wildman–Crippen LogP) is 0.198. The van der Waals surface area contributed by atoms with Crippen molar-refractivity contribution >= 4 is 11.9 Å². The molecule has 0 saturated carbocycles. The minimum Gasteiger partial charge on any atom is -0.461 e. The molecule has 0 atom stereocenters. The molecule has 1 amide bonds. The summed E-state index contributed by atoms with van der Waals surface area (Å²) in [7, 11) is 0. The van der Waals surface area contributed by atoms with E-state index in [9.17, 15) is 9.59 Å². The number of hydrogen-bond donors (Lipinski definition) is 1. The topological polar surface area (TPSA) is 76.1 Å². The van der Waals surface area contributed by atoms with E-state index in [0.717, 1.165) is 13.0 Å². The average Bonchev–Trinajstić information content (AvgIpc) is 2.65. The molecule has 0 aromatic carbocycles. The van der Waals surface area contributed by atoms with Gasteiger partial charge in [0.1, 0.15) is 13.2 Å². The van der Waals surface area contributed by atoms with Crippen LogP contribution in [0.5, 0.6) is 0 Å². The molecule has 0 aromatic rings. The standard InChI is InChI=1S/C10H15NO5/c12-9-3-1-5-11(9)6-8-15-10(13)4-2-7-16-14/h2,4,14H,1,3,5-8H2. The zero-order valence-corrected chi connectivity index (χ0v) is 8.92. The van der Waals surface area contributed by atoms with Crippen LogP contribution in [0.2, 0.25) is 0 Å². The minimum atomic E-state index is -0.510. The van der Waals surface area contributed by atoms with Gasteiger partial charge in [-0.3, -0.25) is 10.1 Å². The van der Waals surface area contributed by atoms with Crippen LogP contribution in [-0.2, 0) is 19.2 Å². The zero-order valence-electron chi connectivity index (χ0n) is 8.92. The van der Waals surface area contributed by atoms with Crippen molar-refractivity contribution in [2.24, 2.45) is 0 Å². The van der Waals surface area contributed by atoms with Crippen LogP contribution in [0.15, 0.2) is 12.2 Å². The molecule has 0 spiro atoms. The van der Waals surface area contributed by atoms with Crippen molar-refractivity contribution in [3.05, 3.63) is 12.2 Å². The van der Waals surface area contributed by atoms with Crippen molar-refractivity contribution in [3.63, 3.8) is 0 Å². The fourth-order valence-electron chi connectivity index (χ4n) is 1.43. The highest BCUT2D eigenvalue weighted by atomic mass is 17.1. The first-order valence-electron chi connectivity index (χ1n) is 5.11. The Morgan fingerprint density at radius 1 is 1.56 bits per heavy atom.